The van der Waals surface area contributed by atoms with Gasteiger partial charge < -0.3 is 4.74 Å². The third-order valence-corrected chi connectivity index (χ3v) is 6.04. The largest absolute Gasteiger partial charge is 0.465 e. The van der Waals surface area contributed by atoms with Crippen LogP contribution in [0.4, 0.5) is 5.69 Å². The Labute approximate surface area is 150 Å². The van der Waals surface area contributed by atoms with Crippen LogP contribution in [0, 0.1) is 0 Å². The number of hydrogen-bond acceptors (Lipinski definition) is 6. The van der Waals surface area contributed by atoms with Crippen molar-refractivity contribution >= 4 is 43.1 Å². The number of hydrogen-bond donors (Lipinski definition) is 1. The van der Waals surface area contributed by atoms with E-state index in [1.807, 2.05) is 0 Å². The average Bonchev–Trinajstić information content (AvgIpc) is 2.55. The van der Waals surface area contributed by atoms with Crippen molar-refractivity contribution in [2.24, 2.45) is 0 Å². The number of carbonyl (C=O) groups excluding carboxylic acids is 1. The number of halogens is 1. The van der Waals surface area contributed by atoms with Gasteiger partial charge in [-0.25, -0.2) is 21.6 Å². The van der Waals surface area contributed by atoms with Gasteiger partial charge in [-0.2, -0.15) is 0 Å². The maximum atomic E-state index is 12.4. The summed E-state index contributed by atoms with van der Waals surface area (Å²) in [6.45, 7) is 0. The van der Waals surface area contributed by atoms with Crippen LogP contribution in [0.5, 0.6) is 0 Å². The molecule has 0 aliphatic rings. The third kappa shape index (κ3) is 4.50. The molecule has 0 aromatic heterocycles. The summed E-state index contributed by atoms with van der Waals surface area (Å²) in [5, 5.41) is 0.118. The van der Waals surface area contributed by atoms with Crippen LogP contribution in [-0.4, -0.2) is 36.2 Å². The summed E-state index contributed by atoms with van der Waals surface area (Å²) >= 11 is 5.88. The molecule has 10 heteroatoms. The van der Waals surface area contributed by atoms with Gasteiger partial charge in [-0.05, 0) is 42.5 Å². The molecule has 2 rings (SSSR count). The van der Waals surface area contributed by atoms with Crippen molar-refractivity contribution in [2.75, 3.05) is 18.1 Å². The molecule has 25 heavy (non-hydrogen) atoms. The molecule has 1 N–H and O–H groups in total. The van der Waals surface area contributed by atoms with Gasteiger partial charge in [-0.15, -0.1) is 0 Å². The topological polar surface area (TPSA) is 107 Å². The standard InChI is InChI=1S/C15H14ClNO6S2/c1-23-15(18)13-9-10(3-8-14(13)16)17-25(21,22)12-6-4-11(5-7-12)24(2,19)20/h3-9,17H,1-2H3. The minimum atomic E-state index is -3.98. The molecule has 0 radical (unpaired) electrons. The van der Waals surface area contributed by atoms with Gasteiger partial charge in [0, 0.05) is 11.9 Å². The smallest absolute Gasteiger partial charge is 0.339 e. The second-order valence-corrected chi connectivity index (χ2v) is 9.14. The van der Waals surface area contributed by atoms with Crippen molar-refractivity contribution in [2.45, 2.75) is 9.79 Å². The Bertz CT molecular complexity index is 1010. The van der Waals surface area contributed by atoms with Crippen LogP contribution in [0.3, 0.4) is 0 Å². The van der Waals surface area contributed by atoms with Crippen LogP contribution in [0.15, 0.2) is 52.3 Å². The summed E-state index contributed by atoms with van der Waals surface area (Å²) in [6, 6.07) is 8.75. The zero-order valence-electron chi connectivity index (χ0n) is 13.2. The summed E-state index contributed by atoms with van der Waals surface area (Å²) in [5.74, 6) is -0.705. The molecule has 0 aliphatic carbocycles. The van der Waals surface area contributed by atoms with Gasteiger partial charge in [0.25, 0.3) is 10.0 Å². The lowest BCUT2D eigenvalue weighted by atomic mass is 10.2. The highest BCUT2D eigenvalue weighted by molar-refractivity contribution is 7.92. The number of methoxy groups -OCH3 is 1. The van der Waals surface area contributed by atoms with E-state index in [0.29, 0.717) is 0 Å². The Morgan fingerprint density at radius 2 is 1.56 bits per heavy atom. The monoisotopic (exact) mass is 403 g/mol. The maximum Gasteiger partial charge on any atom is 0.339 e. The molecule has 0 heterocycles. The minimum Gasteiger partial charge on any atom is -0.465 e. The molecular formula is C15H14ClNO6S2. The highest BCUT2D eigenvalue weighted by Gasteiger charge is 2.18. The molecule has 0 atom stereocenters. The molecule has 0 aliphatic heterocycles. The quantitative estimate of drug-likeness (QED) is 0.768. The Morgan fingerprint density at radius 1 is 1.00 bits per heavy atom. The lowest BCUT2D eigenvalue weighted by molar-refractivity contribution is 0.0601. The van der Waals surface area contributed by atoms with E-state index in [-0.39, 0.29) is 26.1 Å². The Kier molecular flexibility index (Phi) is 5.40. The molecule has 0 saturated carbocycles. The Hall–Kier alpha value is -2.10. The van der Waals surface area contributed by atoms with Crippen LogP contribution in [0.25, 0.3) is 0 Å². The predicted molar refractivity (Wildman–Crippen MR) is 93.2 cm³/mol. The van der Waals surface area contributed by atoms with Gasteiger partial charge in [-0.3, -0.25) is 4.72 Å². The molecule has 2 aromatic carbocycles. The van der Waals surface area contributed by atoms with Crippen LogP contribution < -0.4 is 4.72 Å². The first-order valence-corrected chi connectivity index (χ1v) is 10.5. The van der Waals surface area contributed by atoms with Gasteiger partial charge in [0.2, 0.25) is 0 Å². The fourth-order valence-electron chi connectivity index (χ4n) is 1.94. The Morgan fingerprint density at radius 3 is 2.08 bits per heavy atom. The van der Waals surface area contributed by atoms with Gasteiger partial charge >= 0.3 is 5.97 Å². The molecule has 0 spiro atoms. The van der Waals surface area contributed by atoms with E-state index in [0.717, 1.165) is 6.26 Å². The third-order valence-electron chi connectivity index (χ3n) is 3.19. The number of sulfone groups is 1. The zero-order valence-corrected chi connectivity index (χ0v) is 15.6. The number of esters is 1. The molecule has 0 saturated heterocycles. The fourth-order valence-corrected chi connectivity index (χ4v) is 3.81. The molecular weight excluding hydrogens is 390 g/mol. The van der Waals surface area contributed by atoms with Crippen molar-refractivity contribution in [1.82, 2.24) is 0 Å². The van der Waals surface area contributed by atoms with E-state index < -0.39 is 25.8 Å². The van der Waals surface area contributed by atoms with Crippen LogP contribution in [0.2, 0.25) is 5.02 Å². The fraction of sp³-hybridized carbons (Fsp3) is 0.133. The number of benzene rings is 2. The number of sulfonamides is 1. The summed E-state index contributed by atoms with van der Waals surface area (Å²) in [5.41, 5.74) is 0.119. The second-order valence-electron chi connectivity index (χ2n) is 5.04. The number of anilines is 1. The van der Waals surface area contributed by atoms with Crippen molar-refractivity contribution in [3.63, 3.8) is 0 Å². The normalized spacial score (nSPS) is 11.8. The summed E-state index contributed by atoms with van der Waals surface area (Å²) in [6.07, 6.45) is 1.02. The van der Waals surface area contributed by atoms with Crippen molar-refractivity contribution in [3.8, 4) is 0 Å². The van der Waals surface area contributed by atoms with Gasteiger partial charge in [0.05, 0.1) is 27.5 Å². The maximum absolute atomic E-state index is 12.4. The van der Waals surface area contributed by atoms with Gasteiger partial charge in [0.15, 0.2) is 9.84 Å². The summed E-state index contributed by atoms with van der Waals surface area (Å²) < 4.78 is 54.5. The molecule has 0 bridgehead atoms. The predicted octanol–water partition coefficient (Wildman–Crippen LogP) is 2.33. The summed E-state index contributed by atoms with van der Waals surface area (Å²) in [7, 11) is -6.23. The first-order valence-electron chi connectivity index (χ1n) is 6.75. The molecule has 2 aromatic rings. The van der Waals surface area contributed by atoms with Crippen molar-refractivity contribution in [3.05, 3.63) is 53.1 Å². The summed E-state index contributed by atoms with van der Waals surface area (Å²) in [4.78, 5) is 11.5. The number of ether oxygens (including phenoxy) is 1. The van der Waals surface area contributed by atoms with E-state index in [9.17, 15) is 21.6 Å². The lowest BCUT2D eigenvalue weighted by Crippen LogP contribution is -2.14. The highest BCUT2D eigenvalue weighted by atomic mass is 35.5. The molecule has 0 unspecified atom stereocenters. The Balaban J connectivity index is 2.34. The van der Waals surface area contributed by atoms with Crippen molar-refractivity contribution in [1.29, 1.82) is 0 Å². The molecule has 0 amide bonds. The van der Waals surface area contributed by atoms with E-state index >= 15 is 0 Å². The molecule has 134 valence electrons. The van der Waals surface area contributed by atoms with Gasteiger partial charge in [0.1, 0.15) is 0 Å². The molecule has 7 nitrogen and oxygen atoms in total. The lowest BCUT2D eigenvalue weighted by Gasteiger charge is -2.10. The molecule has 0 fully saturated rings. The van der Waals surface area contributed by atoms with E-state index in [1.54, 1.807) is 0 Å². The minimum absolute atomic E-state index is 0.00548. The first kappa shape index (κ1) is 19.2. The highest BCUT2D eigenvalue weighted by Crippen LogP contribution is 2.24. The van der Waals surface area contributed by atoms with Crippen LogP contribution in [-0.2, 0) is 24.6 Å². The first-order chi connectivity index (χ1) is 11.5. The van der Waals surface area contributed by atoms with E-state index in [4.69, 9.17) is 11.6 Å². The number of rotatable bonds is 5. The van der Waals surface area contributed by atoms with Gasteiger partial charge in [-0.1, -0.05) is 11.6 Å². The average molecular weight is 404 g/mol. The van der Waals surface area contributed by atoms with Crippen LogP contribution >= 0.6 is 11.6 Å². The second kappa shape index (κ2) is 7.03. The number of carbonyl (C=O) groups is 1. The number of nitrogens with one attached hydrogen (secondary N) is 1. The van der Waals surface area contributed by atoms with E-state index in [2.05, 4.69) is 9.46 Å². The van der Waals surface area contributed by atoms with Crippen molar-refractivity contribution < 1.29 is 26.4 Å². The van der Waals surface area contributed by atoms with Crippen LogP contribution in [0.1, 0.15) is 10.4 Å². The van der Waals surface area contributed by atoms with E-state index in [1.165, 1.54) is 49.6 Å². The zero-order chi connectivity index (χ0) is 18.8. The SMILES string of the molecule is COC(=O)c1cc(NS(=O)(=O)c2ccc(S(C)(=O)=O)cc2)ccc1Cl.